The normalized spacial score (nSPS) is 12.5. The molecule has 1 amide bonds. The molecular formula is C12H24N2O3. The van der Waals surface area contributed by atoms with Gasteiger partial charge in [-0.05, 0) is 27.3 Å². The van der Waals surface area contributed by atoms with Crippen molar-refractivity contribution < 1.29 is 14.7 Å². The molecule has 0 aromatic rings. The first-order valence-corrected chi connectivity index (χ1v) is 6.19. The maximum absolute atomic E-state index is 11.9. The van der Waals surface area contributed by atoms with Crippen molar-refractivity contribution in [2.24, 2.45) is 0 Å². The molecule has 17 heavy (non-hydrogen) atoms. The molecule has 0 heterocycles. The van der Waals surface area contributed by atoms with Crippen LogP contribution in [0.4, 0.5) is 0 Å². The van der Waals surface area contributed by atoms with Crippen molar-refractivity contribution in [2.75, 3.05) is 26.2 Å². The van der Waals surface area contributed by atoms with Crippen LogP contribution in [0.15, 0.2) is 0 Å². The van der Waals surface area contributed by atoms with Crippen LogP contribution in [0.5, 0.6) is 0 Å². The van der Waals surface area contributed by atoms with Gasteiger partial charge in [0.2, 0.25) is 5.91 Å². The molecule has 0 radical (unpaired) electrons. The highest BCUT2D eigenvalue weighted by atomic mass is 16.4. The summed E-state index contributed by atoms with van der Waals surface area (Å²) in [5.74, 6) is -0.764. The molecule has 0 aliphatic heterocycles. The third-order valence-electron chi connectivity index (χ3n) is 2.95. The molecule has 1 atom stereocenters. The molecule has 1 unspecified atom stereocenters. The Balaban J connectivity index is 4.38. The highest BCUT2D eigenvalue weighted by Gasteiger charge is 2.20. The van der Waals surface area contributed by atoms with E-state index < -0.39 is 5.97 Å². The molecule has 0 aliphatic rings. The molecule has 0 aromatic carbocycles. The van der Waals surface area contributed by atoms with Crippen LogP contribution in [0.1, 0.15) is 34.1 Å². The smallest absolute Gasteiger partial charge is 0.304 e. The quantitative estimate of drug-likeness (QED) is 0.693. The number of amides is 1. The van der Waals surface area contributed by atoms with Crippen LogP contribution < -0.4 is 0 Å². The van der Waals surface area contributed by atoms with E-state index in [-0.39, 0.29) is 18.4 Å². The van der Waals surface area contributed by atoms with Crippen LogP contribution in [-0.2, 0) is 9.59 Å². The largest absolute Gasteiger partial charge is 0.481 e. The van der Waals surface area contributed by atoms with E-state index in [1.165, 1.54) is 0 Å². The van der Waals surface area contributed by atoms with Gasteiger partial charge in [-0.2, -0.15) is 0 Å². The summed E-state index contributed by atoms with van der Waals surface area (Å²) in [4.78, 5) is 26.2. The summed E-state index contributed by atoms with van der Waals surface area (Å²) in [6, 6.07) is -0.114. The Bertz CT molecular complexity index is 252. The van der Waals surface area contributed by atoms with Gasteiger partial charge in [0, 0.05) is 19.1 Å². The second kappa shape index (κ2) is 8.06. The summed E-state index contributed by atoms with van der Waals surface area (Å²) in [7, 11) is 0. The van der Waals surface area contributed by atoms with E-state index in [4.69, 9.17) is 5.11 Å². The van der Waals surface area contributed by atoms with Crippen molar-refractivity contribution in [2.45, 2.75) is 40.2 Å². The number of carboxylic acid groups (broad SMARTS) is 1. The lowest BCUT2D eigenvalue weighted by Gasteiger charge is -2.29. The standard InChI is InChI=1S/C12H24N2O3/c1-5-13(6-2)11(15)9-14(7-3)10(4)8-12(16)17/h10H,5-9H2,1-4H3,(H,16,17). The number of nitrogens with zero attached hydrogens (tertiary/aromatic N) is 2. The zero-order valence-corrected chi connectivity index (χ0v) is 11.3. The minimum atomic E-state index is -0.828. The number of rotatable bonds is 8. The minimum Gasteiger partial charge on any atom is -0.481 e. The van der Waals surface area contributed by atoms with Crippen molar-refractivity contribution >= 4 is 11.9 Å². The van der Waals surface area contributed by atoms with Gasteiger partial charge < -0.3 is 10.0 Å². The molecule has 0 fully saturated rings. The van der Waals surface area contributed by atoms with E-state index in [0.29, 0.717) is 26.2 Å². The third-order valence-corrected chi connectivity index (χ3v) is 2.95. The molecule has 0 rings (SSSR count). The van der Waals surface area contributed by atoms with Crippen LogP contribution >= 0.6 is 0 Å². The summed E-state index contributed by atoms with van der Waals surface area (Å²) in [5, 5.41) is 8.74. The van der Waals surface area contributed by atoms with Gasteiger partial charge in [0.05, 0.1) is 13.0 Å². The Morgan fingerprint density at radius 1 is 1.12 bits per heavy atom. The number of carbonyl (C=O) groups is 2. The van der Waals surface area contributed by atoms with E-state index in [0.717, 1.165) is 0 Å². The average molecular weight is 244 g/mol. The van der Waals surface area contributed by atoms with E-state index in [2.05, 4.69) is 0 Å². The Hall–Kier alpha value is -1.10. The molecule has 5 heteroatoms. The number of hydrogen-bond acceptors (Lipinski definition) is 3. The summed E-state index contributed by atoms with van der Waals surface area (Å²) in [5.41, 5.74) is 0. The lowest BCUT2D eigenvalue weighted by Crippen LogP contribution is -2.44. The van der Waals surface area contributed by atoms with Crippen LogP contribution in [0.25, 0.3) is 0 Å². The van der Waals surface area contributed by atoms with Crippen molar-refractivity contribution in [3.05, 3.63) is 0 Å². The average Bonchev–Trinajstić information content (AvgIpc) is 2.26. The molecular weight excluding hydrogens is 220 g/mol. The van der Waals surface area contributed by atoms with Crippen LogP contribution in [0.3, 0.4) is 0 Å². The van der Waals surface area contributed by atoms with Crippen molar-refractivity contribution in [3.8, 4) is 0 Å². The molecule has 0 saturated carbocycles. The fraction of sp³-hybridized carbons (Fsp3) is 0.833. The SMILES string of the molecule is CCN(CC)C(=O)CN(CC)C(C)CC(=O)O. The molecule has 0 aromatic heterocycles. The van der Waals surface area contributed by atoms with Gasteiger partial charge in [-0.3, -0.25) is 14.5 Å². The van der Waals surface area contributed by atoms with E-state index in [1.54, 1.807) is 4.90 Å². The Morgan fingerprint density at radius 2 is 1.65 bits per heavy atom. The predicted octanol–water partition coefficient (Wildman–Crippen LogP) is 1.04. The maximum Gasteiger partial charge on any atom is 0.304 e. The predicted molar refractivity (Wildman–Crippen MR) is 66.9 cm³/mol. The first-order valence-electron chi connectivity index (χ1n) is 6.19. The fourth-order valence-electron chi connectivity index (χ4n) is 1.81. The summed E-state index contributed by atoms with van der Waals surface area (Å²) in [6.07, 6.45) is 0.0688. The second-order valence-corrected chi connectivity index (χ2v) is 4.08. The van der Waals surface area contributed by atoms with Gasteiger partial charge in [0.15, 0.2) is 0 Å². The number of carboxylic acids is 1. The first kappa shape index (κ1) is 15.9. The topological polar surface area (TPSA) is 60.9 Å². The third kappa shape index (κ3) is 5.68. The van der Waals surface area contributed by atoms with Gasteiger partial charge in [-0.1, -0.05) is 6.92 Å². The molecule has 100 valence electrons. The van der Waals surface area contributed by atoms with Gasteiger partial charge >= 0.3 is 5.97 Å². The van der Waals surface area contributed by atoms with Crippen LogP contribution in [0, 0.1) is 0 Å². The summed E-state index contributed by atoms with van der Waals surface area (Å²) in [6.45, 7) is 10.0. The molecule has 0 saturated heterocycles. The zero-order valence-electron chi connectivity index (χ0n) is 11.3. The van der Waals surface area contributed by atoms with Crippen molar-refractivity contribution in [3.63, 3.8) is 0 Å². The Labute approximate surface area is 103 Å². The van der Waals surface area contributed by atoms with E-state index in [9.17, 15) is 9.59 Å². The number of likely N-dealkylation sites (N-methyl/N-ethyl adjacent to an activating group) is 2. The Morgan fingerprint density at radius 3 is 2.00 bits per heavy atom. The molecule has 0 bridgehead atoms. The van der Waals surface area contributed by atoms with E-state index in [1.807, 2.05) is 32.6 Å². The fourth-order valence-corrected chi connectivity index (χ4v) is 1.81. The first-order chi connectivity index (χ1) is 7.96. The summed E-state index contributed by atoms with van der Waals surface area (Å²) < 4.78 is 0. The van der Waals surface area contributed by atoms with E-state index >= 15 is 0 Å². The summed E-state index contributed by atoms with van der Waals surface area (Å²) >= 11 is 0. The van der Waals surface area contributed by atoms with Gasteiger partial charge in [0.25, 0.3) is 0 Å². The number of aliphatic carboxylic acids is 1. The number of carbonyl (C=O) groups excluding carboxylic acids is 1. The van der Waals surface area contributed by atoms with Gasteiger partial charge in [-0.15, -0.1) is 0 Å². The van der Waals surface area contributed by atoms with Crippen molar-refractivity contribution in [1.29, 1.82) is 0 Å². The van der Waals surface area contributed by atoms with Gasteiger partial charge in [0.1, 0.15) is 0 Å². The van der Waals surface area contributed by atoms with Crippen LogP contribution in [-0.4, -0.2) is 59.0 Å². The zero-order chi connectivity index (χ0) is 13.4. The molecule has 0 spiro atoms. The molecule has 5 nitrogen and oxygen atoms in total. The lowest BCUT2D eigenvalue weighted by atomic mass is 10.2. The molecule has 1 N–H and O–H groups in total. The monoisotopic (exact) mass is 244 g/mol. The minimum absolute atomic E-state index is 0.0640. The molecule has 0 aliphatic carbocycles. The number of hydrogen-bond donors (Lipinski definition) is 1. The lowest BCUT2D eigenvalue weighted by molar-refractivity contribution is -0.139. The van der Waals surface area contributed by atoms with Crippen molar-refractivity contribution in [1.82, 2.24) is 9.80 Å². The highest BCUT2D eigenvalue weighted by Crippen LogP contribution is 2.04. The maximum atomic E-state index is 11.9. The van der Waals surface area contributed by atoms with Gasteiger partial charge in [-0.25, -0.2) is 0 Å². The second-order valence-electron chi connectivity index (χ2n) is 4.08. The Kier molecular flexibility index (Phi) is 7.54. The highest BCUT2D eigenvalue weighted by molar-refractivity contribution is 5.78. The van der Waals surface area contributed by atoms with Crippen LogP contribution in [0.2, 0.25) is 0 Å².